The van der Waals surface area contributed by atoms with Crippen molar-refractivity contribution in [2.45, 2.75) is 6.92 Å². The van der Waals surface area contributed by atoms with Crippen molar-refractivity contribution in [3.63, 3.8) is 0 Å². The number of aryl methyl sites for hydroxylation is 1. The normalized spacial score (nSPS) is 10.3. The van der Waals surface area contributed by atoms with Gasteiger partial charge in [0.25, 0.3) is 0 Å². The lowest BCUT2D eigenvalue weighted by Gasteiger charge is -2.16. The van der Waals surface area contributed by atoms with E-state index in [-0.39, 0.29) is 5.69 Å². The summed E-state index contributed by atoms with van der Waals surface area (Å²) in [6.45, 7) is 12.1. The third-order valence-electron chi connectivity index (χ3n) is 2.89. The molecule has 1 rings (SSSR count). The molecule has 108 valence electrons. The third-order valence-corrected chi connectivity index (χ3v) is 2.89. The van der Waals surface area contributed by atoms with Gasteiger partial charge in [-0.1, -0.05) is 19.2 Å². The lowest BCUT2D eigenvalue weighted by molar-refractivity contribution is -0.888. The molecule has 1 aromatic carbocycles. The highest BCUT2D eigenvalue weighted by molar-refractivity contribution is 5.48. The number of ether oxygens (including phenoxy) is 1. The predicted octanol–water partition coefficient (Wildman–Crippen LogP) is 1.54. The molecule has 0 aromatic heterocycles. The number of quaternary nitrogens is 1. The van der Waals surface area contributed by atoms with E-state index in [0.29, 0.717) is 12.4 Å². The van der Waals surface area contributed by atoms with E-state index in [9.17, 15) is 10.1 Å². The van der Waals surface area contributed by atoms with Gasteiger partial charge in [-0.15, -0.1) is 0 Å². The maximum atomic E-state index is 10.9. The first-order chi connectivity index (χ1) is 9.58. The van der Waals surface area contributed by atoms with Gasteiger partial charge in [0.2, 0.25) is 0 Å². The maximum Gasteiger partial charge on any atom is 0.310 e. The van der Waals surface area contributed by atoms with Crippen molar-refractivity contribution >= 4 is 5.69 Å². The molecular weight excluding hydrogens is 256 g/mol. The SMILES string of the molecule is C=CC[NH+](CC=C)CCOc1cc(C)ccc1[N+](=O)[O-]. The second kappa shape index (κ2) is 8.12. The Morgan fingerprint density at radius 2 is 2.00 bits per heavy atom. The molecule has 0 unspecified atom stereocenters. The monoisotopic (exact) mass is 277 g/mol. The third kappa shape index (κ3) is 4.85. The largest absolute Gasteiger partial charge is 0.481 e. The van der Waals surface area contributed by atoms with Crippen LogP contribution in [0.4, 0.5) is 5.69 Å². The van der Waals surface area contributed by atoms with Crippen LogP contribution >= 0.6 is 0 Å². The van der Waals surface area contributed by atoms with Gasteiger partial charge in [-0.05, 0) is 30.7 Å². The van der Waals surface area contributed by atoms with Crippen LogP contribution in [0, 0.1) is 17.0 Å². The molecule has 1 N–H and O–H groups in total. The standard InChI is InChI=1S/C15H20N2O3/c1-4-8-16(9-5-2)10-11-20-15-12-13(3)6-7-14(15)17(18)19/h4-7,12H,1-2,8-11H2,3H3/p+1. The smallest absolute Gasteiger partial charge is 0.310 e. The second-order valence-electron chi connectivity index (χ2n) is 4.56. The van der Waals surface area contributed by atoms with E-state index >= 15 is 0 Å². The first-order valence-electron chi connectivity index (χ1n) is 6.51. The molecule has 0 aliphatic rings. The highest BCUT2D eigenvalue weighted by Crippen LogP contribution is 2.27. The minimum Gasteiger partial charge on any atom is -0.481 e. The van der Waals surface area contributed by atoms with E-state index in [1.165, 1.54) is 11.0 Å². The Morgan fingerprint density at radius 3 is 2.55 bits per heavy atom. The number of nitro benzene ring substituents is 1. The summed E-state index contributed by atoms with van der Waals surface area (Å²) in [5.74, 6) is 0.326. The van der Waals surface area contributed by atoms with Gasteiger partial charge in [0, 0.05) is 6.07 Å². The summed E-state index contributed by atoms with van der Waals surface area (Å²) in [4.78, 5) is 11.8. The molecule has 0 heterocycles. The van der Waals surface area contributed by atoms with Crippen molar-refractivity contribution in [3.05, 3.63) is 59.2 Å². The van der Waals surface area contributed by atoms with E-state index in [1.807, 2.05) is 19.1 Å². The Hall–Kier alpha value is -2.14. The highest BCUT2D eigenvalue weighted by Gasteiger charge is 2.15. The average molecular weight is 277 g/mol. The molecule has 1 aromatic rings. The molecular formula is C15H21N2O3+. The minimum absolute atomic E-state index is 0.00425. The van der Waals surface area contributed by atoms with E-state index in [4.69, 9.17) is 4.74 Å². The van der Waals surface area contributed by atoms with E-state index in [1.54, 1.807) is 12.1 Å². The molecule has 0 amide bonds. The predicted molar refractivity (Wildman–Crippen MR) is 79.3 cm³/mol. The van der Waals surface area contributed by atoms with E-state index in [2.05, 4.69) is 13.2 Å². The highest BCUT2D eigenvalue weighted by atomic mass is 16.6. The van der Waals surface area contributed by atoms with E-state index < -0.39 is 4.92 Å². The lowest BCUT2D eigenvalue weighted by atomic mass is 10.2. The van der Waals surface area contributed by atoms with Crippen LogP contribution in [-0.2, 0) is 0 Å². The lowest BCUT2D eigenvalue weighted by Crippen LogP contribution is -3.12. The molecule has 0 aliphatic heterocycles. The number of rotatable bonds is 9. The zero-order chi connectivity index (χ0) is 15.0. The van der Waals surface area contributed by atoms with Crippen LogP contribution in [0.5, 0.6) is 5.75 Å². The van der Waals surface area contributed by atoms with Gasteiger partial charge in [-0.25, -0.2) is 0 Å². The Kier molecular flexibility index (Phi) is 6.46. The summed E-state index contributed by atoms with van der Waals surface area (Å²) >= 11 is 0. The van der Waals surface area contributed by atoms with Gasteiger partial charge in [-0.3, -0.25) is 10.1 Å². The zero-order valence-electron chi connectivity index (χ0n) is 11.8. The van der Waals surface area contributed by atoms with Crippen molar-refractivity contribution in [2.75, 3.05) is 26.2 Å². The van der Waals surface area contributed by atoms with Gasteiger partial charge < -0.3 is 9.64 Å². The van der Waals surface area contributed by atoms with Crippen molar-refractivity contribution in [1.82, 2.24) is 0 Å². The maximum absolute atomic E-state index is 10.9. The first kappa shape index (κ1) is 15.9. The number of benzene rings is 1. The summed E-state index contributed by atoms with van der Waals surface area (Å²) in [5, 5.41) is 10.9. The molecule has 20 heavy (non-hydrogen) atoms. The topological polar surface area (TPSA) is 56.8 Å². The van der Waals surface area contributed by atoms with Crippen LogP contribution in [0.15, 0.2) is 43.5 Å². The fourth-order valence-corrected chi connectivity index (χ4v) is 1.89. The summed E-state index contributed by atoms with van der Waals surface area (Å²) in [6, 6.07) is 4.87. The summed E-state index contributed by atoms with van der Waals surface area (Å²) < 4.78 is 5.57. The van der Waals surface area contributed by atoms with Crippen LogP contribution in [0.2, 0.25) is 0 Å². The van der Waals surface area contributed by atoms with Gasteiger partial charge >= 0.3 is 5.69 Å². The molecule has 5 heteroatoms. The number of nitrogens with zero attached hydrogens (tertiary/aromatic N) is 1. The van der Waals surface area contributed by atoms with Crippen molar-refractivity contribution in [1.29, 1.82) is 0 Å². The molecule has 0 saturated heterocycles. The van der Waals surface area contributed by atoms with Gasteiger partial charge in [0.05, 0.1) is 18.0 Å². The van der Waals surface area contributed by atoms with Crippen molar-refractivity contribution in [2.24, 2.45) is 0 Å². The molecule has 0 atom stereocenters. The van der Waals surface area contributed by atoms with Crippen molar-refractivity contribution < 1.29 is 14.6 Å². The van der Waals surface area contributed by atoms with Crippen LogP contribution in [-0.4, -0.2) is 31.2 Å². The van der Waals surface area contributed by atoms with Crippen molar-refractivity contribution in [3.8, 4) is 5.75 Å². The molecule has 5 nitrogen and oxygen atoms in total. The fourth-order valence-electron chi connectivity index (χ4n) is 1.89. The quantitative estimate of drug-likeness (QED) is 0.423. The Balaban J connectivity index is 2.64. The van der Waals surface area contributed by atoms with Crippen LogP contribution in [0.3, 0.4) is 0 Å². The fraction of sp³-hybridized carbons (Fsp3) is 0.333. The number of hydrogen-bond acceptors (Lipinski definition) is 3. The summed E-state index contributed by atoms with van der Waals surface area (Å²) in [5.41, 5.74) is 0.941. The summed E-state index contributed by atoms with van der Waals surface area (Å²) in [6.07, 6.45) is 3.68. The van der Waals surface area contributed by atoms with Gasteiger partial charge in [0.15, 0.2) is 5.75 Å². The Bertz CT molecular complexity index is 476. The van der Waals surface area contributed by atoms with Crippen LogP contribution in [0.1, 0.15) is 5.56 Å². The van der Waals surface area contributed by atoms with Gasteiger partial charge in [0.1, 0.15) is 13.2 Å². The molecule has 0 aliphatic carbocycles. The molecule has 0 bridgehead atoms. The minimum atomic E-state index is -0.424. The number of nitro groups is 1. The van der Waals surface area contributed by atoms with Crippen LogP contribution < -0.4 is 9.64 Å². The zero-order valence-corrected chi connectivity index (χ0v) is 11.8. The Labute approximate surface area is 119 Å². The molecule has 0 fully saturated rings. The van der Waals surface area contributed by atoms with E-state index in [0.717, 1.165) is 25.2 Å². The number of nitrogens with one attached hydrogen (secondary N) is 1. The van der Waals surface area contributed by atoms with Gasteiger partial charge in [-0.2, -0.15) is 0 Å². The first-order valence-corrected chi connectivity index (χ1v) is 6.51. The second-order valence-corrected chi connectivity index (χ2v) is 4.56. The van der Waals surface area contributed by atoms with Crippen LogP contribution in [0.25, 0.3) is 0 Å². The molecule has 0 saturated carbocycles. The summed E-state index contributed by atoms with van der Waals surface area (Å²) in [7, 11) is 0. The number of hydrogen-bond donors (Lipinski definition) is 1. The molecule has 0 spiro atoms. The Morgan fingerprint density at radius 1 is 1.35 bits per heavy atom. The average Bonchev–Trinajstić information content (AvgIpc) is 2.39. The molecule has 0 radical (unpaired) electrons.